The highest BCUT2D eigenvalue weighted by Gasteiger charge is 2.26. The standard InChI is InChI=1S/C20H24N2O4S/c1-16-8-9-18(27(24,25)22-11-5-2-6-12-22)13-17(16)14-26-15-20(23)19-7-3-4-10-21-19/h3-4,7-10,13H,2,5-6,11-12,14-15H2,1H3. The van der Waals surface area contributed by atoms with Crippen molar-refractivity contribution in [3.8, 4) is 0 Å². The number of carbonyl (C=O) groups is 1. The normalized spacial score (nSPS) is 15.6. The maximum absolute atomic E-state index is 12.8. The Morgan fingerprint density at radius 3 is 2.63 bits per heavy atom. The van der Waals surface area contributed by atoms with E-state index in [0.29, 0.717) is 18.8 Å². The van der Waals surface area contributed by atoms with Crippen molar-refractivity contribution in [3.63, 3.8) is 0 Å². The molecule has 1 aromatic carbocycles. The number of pyridine rings is 1. The molecule has 3 rings (SSSR count). The zero-order chi connectivity index (χ0) is 19.3. The quantitative estimate of drug-likeness (QED) is 0.682. The van der Waals surface area contributed by atoms with E-state index in [1.807, 2.05) is 6.92 Å². The fraction of sp³-hybridized carbons (Fsp3) is 0.400. The lowest BCUT2D eigenvalue weighted by molar-refractivity contribution is 0.0720. The third-order valence-electron chi connectivity index (χ3n) is 4.71. The smallest absolute Gasteiger partial charge is 0.243 e. The van der Waals surface area contributed by atoms with Gasteiger partial charge in [0.15, 0.2) is 0 Å². The summed E-state index contributed by atoms with van der Waals surface area (Å²) in [6, 6.07) is 10.2. The van der Waals surface area contributed by atoms with Gasteiger partial charge in [0.2, 0.25) is 15.8 Å². The summed E-state index contributed by atoms with van der Waals surface area (Å²) < 4.78 is 32.8. The monoisotopic (exact) mass is 388 g/mol. The average molecular weight is 388 g/mol. The third kappa shape index (κ3) is 4.80. The Hall–Kier alpha value is -2.09. The number of aryl methyl sites for hydroxylation is 1. The van der Waals surface area contributed by atoms with Gasteiger partial charge < -0.3 is 4.74 Å². The molecule has 0 atom stereocenters. The summed E-state index contributed by atoms with van der Waals surface area (Å²) in [4.78, 5) is 16.4. The molecule has 27 heavy (non-hydrogen) atoms. The van der Waals surface area contributed by atoms with Crippen molar-refractivity contribution in [1.82, 2.24) is 9.29 Å². The summed E-state index contributed by atoms with van der Waals surface area (Å²) in [5.41, 5.74) is 2.05. The summed E-state index contributed by atoms with van der Waals surface area (Å²) in [7, 11) is -3.48. The Morgan fingerprint density at radius 2 is 1.93 bits per heavy atom. The van der Waals surface area contributed by atoms with E-state index < -0.39 is 10.0 Å². The molecule has 0 bridgehead atoms. The summed E-state index contributed by atoms with van der Waals surface area (Å²) in [5.74, 6) is -0.203. The van der Waals surface area contributed by atoms with Crippen LogP contribution in [0.1, 0.15) is 40.9 Å². The molecule has 0 unspecified atom stereocenters. The largest absolute Gasteiger partial charge is 0.369 e. The number of carbonyl (C=O) groups excluding carboxylic acids is 1. The molecule has 1 saturated heterocycles. The van der Waals surface area contributed by atoms with Crippen molar-refractivity contribution in [1.29, 1.82) is 0 Å². The number of hydrogen-bond donors (Lipinski definition) is 0. The lowest BCUT2D eigenvalue weighted by Gasteiger charge is -2.26. The maximum Gasteiger partial charge on any atom is 0.243 e. The molecule has 0 radical (unpaired) electrons. The predicted molar refractivity (Wildman–Crippen MR) is 102 cm³/mol. The molecular formula is C20H24N2O4S. The summed E-state index contributed by atoms with van der Waals surface area (Å²) in [5, 5.41) is 0. The average Bonchev–Trinajstić information content (AvgIpc) is 2.70. The third-order valence-corrected chi connectivity index (χ3v) is 6.61. The number of rotatable bonds is 7. The van der Waals surface area contributed by atoms with Gasteiger partial charge in [0.05, 0.1) is 11.5 Å². The molecule has 1 fully saturated rings. The molecule has 0 amide bonds. The van der Waals surface area contributed by atoms with Crippen molar-refractivity contribution in [2.45, 2.75) is 37.7 Å². The van der Waals surface area contributed by atoms with E-state index in [4.69, 9.17) is 4.74 Å². The number of nitrogens with zero attached hydrogens (tertiary/aromatic N) is 2. The van der Waals surface area contributed by atoms with Gasteiger partial charge in [-0.05, 0) is 55.2 Å². The summed E-state index contributed by atoms with van der Waals surface area (Å²) in [6.45, 7) is 3.12. The highest BCUT2D eigenvalue weighted by atomic mass is 32.2. The molecule has 2 aromatic rings. The highest BCUT2D eigenvalue weighted by molar-refractivity contribution is 7.89. The molecule has 0 N–H and O–H groups in total. The molecule has 6 nitrogen and oxygen atoms in total. The van der Waals surface area contributed by atoms with Gasteiger partial charge in [-0.1, -0.05) is 18.6 Å². The number of sulfonamides is 1. The first kappa shape index (κ1) is 19.7. The second-order valence-electron chi connectivity index (χ2n) is 6.68. The van der Waals surface area contributed by atoms with Gasteiger partial charge in [0.25, 0.3) is 0 Å². The SMILES string of the molecule is Cc1ccc(S(=O)(=O)N2CCCCC2)cc1COCC(=O)c1ccccn1. The number of aromatic nitrogens is 1. The van der Waals surface area contributed by atoms with Crippen molar-refractivity contribution < 1.29 is 17.9 Å². The van der Waals surface area contributed by atoms with E-state index >= 15 is 0 Å². The number of Topliss-reactive ketones (excluding diaryl/α,β-unsaturated/α-hetero) is 1. The van der Waals surface area contributed by atoms with Crippen LogP contribution in [0.4, 0.5) is 0 Å². The fourth-order valence-corrected chi connectivity index (χ4v) is 4.64. The van der Waals surface area contributed by atoms with Gasteiger partial charge in [0, 0.05) is 19.3 Å². The Bertz CT molecular complexity index is 891. The van der Waals surface area contributed by atoms with Crippen molar-refractivity contribution in [3.05, 3.63) is 59.4 Å². The second kappa shape index (κ2) is 8.73. The zero-order valence-corrected chi connectivity index (χ0v) is 16.2. The number of hydrogen-bond acceptors (Lipinski definition) is 5. The van der Waals surface area contributed by atoms with Crippen LogP contribution in [0.5, 0.6) is 0 Å². The number of piperidine rings is 1. The Morgan fingerprint density at radius 1 is 1.15 bits per heavy atom. The van der Waals surface area contributed by atoms with E-state index in [0.717, 1.165) is 30.4 Å². The molecule has 0 saturated carbocycles. The maximum atomic E-state index is 12.8. The molecule has 1 aliphatic heterocycles. The number of benzene rings is 1. The van der Waals surface area contributed by atoms with Crippen LogP contribution in [0.3, 0.4) is 0 Å². The predicted octanol–water partition coefficient (Wildman–Crippen LogP) is 2.96. The van der Waals surface area contributed by atoms with Gasteiger partial charge in [-0.15, -0.1) is 0 Å². The van der Waals surface area contributed by atoms with Gasteiger partial charge in [0.1, 0.15) is 12.3 Å². The first-order valence-corrected chi connectivity index (χ1v) is 10.5. The molecule has 2 heterocycles. The van der Waals surface area contributed by atoms with Gasteiger partial charge in [-0.2, -0.15) is 4.31 Å². The summed E-state index contributed by atoms with van der Waals surface area (Å²) in [6.07, 6.45) is 4.43. The Balaban J connectivity index is 1.67. The van der Waals surface area contributed by atoms with Crippen molar-refractivity contribution in [2.75, 3.05) is 19.7 Å². The molecule has 144 valence electrons. The zero-order valence-electron chi connectivity index (χ0n) is 15.4. The van der Waals surface area contributed by atoms with Crippen LogP contribution in [-0.2, 0) is 21.4 Å². The van der Waals surface area contributed by atoms with E-state index in [9.17, 15) is 13.2 Å². The molecule has 1 aromatic heterocycles. The van der Waals surface area contributed by atoms with Crippen LogP contribution >= 0.6 is 0 Å². The molecular weight excluding hydrogens is 364 g/mol. The first-order valence-electron chi connectivity index (χ1n) is 9.10. The number of ether oxygens (including phenoxy) is 1. The van der Waals surface area contributed by atoms with Crippen LogP contribution in [0, 0.1) is 6.92 Å². The van der Waals surface area contributed by atoms with E-state index in [1.165, 1.54) is 0 Å². The minimum Gasteiger partial charge on any atom is -0.369 e. The van der Waals surface area contributed by atoms with Crippen molar-refractivity contribution >= 4 is 15.8 Å². The van der Waals surface area contributed by atoms with Crippen molar-refractivity contribution in [2.24, 2.45) is 0 Å². The topological polar surface area (TPSA) is 76.6 Å². The molecule has 7 heteroatoms. The molecule has 0 aliphatic carbocycles. The fourth-order valence-electron chi connectivity index (χ4n) is 3.07. The van der Waals surface area contributed by atoms with Crippen LogP contribution in [-0.4, -0.2) is 43.2 Å². The lowest BCUT2D eigenvalue weighted by atomic mass is 10.1. The van der Waals surface area contributed by atoms with Crippen LogP contribution in [0.2, 0.25) is 0 Å². The van der Waals surface area contributed by atoms with Crippen LogP contribution < -0.4 is 0 Å². The van der Waals surface area contributed by atoms with Crippen LogP contribution in [0.15, 0.2) is 47.5 Å². The lowest BCUT2D eigenvalue weighted by Crippen LogP contribution is -2.35. The van der Waals surface area contributed by atoms with Gasteiger partial charge in [-0.25, -0.2) is 8.42 Å². The Kier molecular flexibility index (Phi) is 6.36. The van der Waals surface area contributed by atoms with E-state index in [-0.39, 0.29) is 23.9 Å². The van der Waals surface area contributed by atoms with E-state index in [2.05, 4.69) is 4.98 Å². The first-order chi connectivity index (χ1) is 13.0. The number of ketones is 1. The summed E-state index contributed by atoms with van der Waals surface area (Å²) >= 11 is 0. The van der Waals surface area contributed by atoms with Crippen LogP contribution in [0.25, 0.3) is 0 Å². The highest BCUT2D eigenvalue weighted by Crippen LogP contribution is 2.23. The van der Waals surface area contributed by atoms with E-state index in [1.54, 1.807) is 46.9 Å². The molecule has 0 spiro atoms. The minimum atomic E-state index is -3.48. The Labute approximate surface area is 160 Å². The van der Waals surface area contributed by atoms with Gasteiger partial charge >= 0.3 is 0 Å². The van der Waals surface area contributed by atoms with Gasteiger partial charge in [-0.3, -0.25) is 9.78 Å². The molecule has 1 aliphatic rings. The minimum absolute atomic E-state index is 0.0977. The second-order valence-corrected chi connectivity index (χ2v) is 8.62.